The first-order valence-corrected chi connectivity index (χ1v) is 12.1. The summed E-state index contributed by atoms with van der Waals surface area (Å²) in [5.41, 5.74) is 17.0. The topological polar surface area (TPSA) is 127 Å². The van der Waals surface area contributed by atoms with E-state index in [1.54, 1.807) is 12.3 Å². The molecule has 3 aromatic heterocycles. The molecule has 0 aliphatic carbocycles. The predicted molar refractivity (Wildman–Crippen MR) is 140 cm³/mol. The highest BCUT2D eigenvalue weighted by molar-refractivity contribution is 5.95. The molecule has 182 valence electrons. The summed E-state index contributed by atoms with van der Waals surface area (Å²) in [4.78, 5) is 22.7. The minimum atomic E-state index is -0.395. The SMILES string of the molecule is C[C@@H]1C[C@@H](c2ccc(C(N)=O)cc2)CCN1Cc1cc2c(-c3ccc(N)nc3C#N)ccnc2n1C. The monoisotopic (exact) mass is 479 g/mol. The van der Waals surface area contributed by atoms with E-state index < -0.39 is 5.91 Å². The minimum Gasteiger partial charge on any atom is -0.384 e. The molecule has 1 saturated heterocycles. The average Bonchev–Trinajstić information content (AvgIpc) is 3.20. The maximum atomic E-state index is 11.4. The van der Waals surface area contributed by atoms with E-state index in [1.807, 2.05) is 43.4 Å². The summed E-state index contributed by atoms with van der Waals surface area (Å²) in [5.74, 6) is 0.394. The smallest absolute Gasteiger partial charge is 0.248 e. The van der Waals surface area contributed by atoms with Gasteiger partial charge in [0.05, 0.1) is 0 Å². The van der Waals surface area contributed by atoms with E-state index in [2.05, 4.69) is 38.5 Å². The van der Waals surface area contributed by atoms with E-state index in [1.165, 1.54) is 11.3 Å². The maximum absolute atomic E-state index is 11.4. The Morgan fingerprint density at radius 1 is 1.17 bits per heavy atom. The standard InChI is InChI=1S/C28H29N7O/c1-17-13-20(18-3-5-19(6-4-18)27(31)36)10-12-35(17)16-21-14-24-22(9-11-32-28(24)34(21)2)23-7-8-26(30)33-25(23)15-29/h3-9,11,14,17,20H,10,12-13,16H2,1-2H3,(H2,30,33)(H2,31,36)/t17-,20+/m1/s1. The molecule has 2 atom stereocenters. The number of nitrogens with two attached hydrogens (primary N) is 2. The maximum Gasteiger partial charge on any atom is 0.248 e. The number of hydrogen-bond donors (Lipinski definition) is 2. The number of carbonyl (C=O) groups is 1. The summed E-state index contributed by atoms with van der Waals surface area (Å²) < 4.78 is 2.14. The first kappa shape index (κ1) is 23.5. The molecule has 0 bridgehead atoms. The number of hydrogen-bond acceptors (Lipinski definition) is 6. The average molecular weight is 480 g/mol. The van der Waals surface area contributed by atoms with Crippen LogP contribution in [0.15, 0.2) is 54.7 Å². The first-order valence-electron chi connectivity index (χ1n) is 12.1. The molecule has 4 heterocycles. The lowest BCUT2D eigenvalue weighted by molar-refractivity contribution is 0.1000. The van der Waals surface area contributed by atoms with Gasteiger partial charge in [-0.15, -0.1) is 0 Å². The van der Waals surface area contributed by atoms with Crippen molar-refractivity contribution in [2.45, 2.75) is 38.3 Å². The van der Waals surface area contributed by atoms with Gasteiger partial charge in [-0.1, -0.05) is 12.1 Å². The molecule has 1 aliphatic rings. The summed E-state index contributed by atoms with van der Waals surface area (Å²) in [7, 11) is 2.04. The van der Waals surface area contributed by atoms with E-state index in [9.17, 15) is 10.1 Å². The normalized spacial score (nSPS) is 18.2. The molecule has 0 radical (unpaired) electrons. The molecule has 8 heteroatoms. The molecule has 0 unspecified atom stereocenters. The largest absolute Gasteiger partial charge is 0.384 e. The summed E-state index contributed by atoms with van der Waals surface area (Å²) in [5, 5.41) is 10.6. The van der Waals surface area contributed by atoms with E-state index in [0.29, 0.717) is 29.0 Å². The van der Waals surface area contributed by atoms with Crippen molar-refractivity contribution in [2.24, 2.45) is 12.8 Å². The second kappa shape index (κ2) is 9.44. The van der Waals surface area contributed by atoms with Crippen LogP contribution in [0.1, 0.15) is 53.0 Å². The van der Waals surface area contributed by atoms with Gasteiger partial charge in [0, 0.05) is 48.0 Å². The zero-order chi connectivity index (χ0) is 25.4. The van der Waals surface area contributed by atoms with Crippen LogP contribution in [0.4, 0.5) is 5.82 Å². The Balaban J connectivity index is 1.38. The number of fused-ring (bicyclic) bond motifs is 1. The first-order chi connectivity index (χ1) is 17.4. The fraction of sp³-hybridized carbons (Fsp3) is 0.286. The Morgan fingerprint density at radius 2 is 1.94 bits per heavy atom. The molecule has 4 aromatic rings. The third-order valence-electron chi connectivity index (χ3n) is 7.39. The lowest BCUT2D eigenvalue weighted by Crippen LogP contribution is -2.39. The number of amides is 1. The number of nitriles is 1. The van der Waals surface area contributed by atoms with Crippen molar-refractivity contribution in [2.75, 3.05) is 12.3 Å². The molecule has 36 heavy (non-hydrogen) atoms. The van der Waals surface area contributed by atoms with Gasteiger partial charge in [-0.3, -0.25) is 9.69 Å². The fourth-order valence-corrected chi connectivity index (χ4v) is 5.32. The number of anilines is 1. The van der Waals surface area contributed by atoms with Crippen molar-refractivity contribution in [1.29, 1.82) is 5.26 Å². The second-order valence-electron chi connectivity index (χ2n) is 9.56. The van der Waals surface area contributed by atoms with Gasteiger partial charge in [0.15, 0.2) is 5.69 Å². The number of nitrogen functional groups attached to an aromatic ring is 1. The Kier molecular flexibility index (Phi) is 6.17. The van der Waals surface area contributed by atoms with Gasteiger partial charge in [-0.25, -0.2) is 9.97 Å². The van der Waals surface area contributed by atoms with Crippen molar-refractivity contribution >= 4 is 22.8 Å². The number of benzene rings is 1. The van der Waals surface area contributed by atoms with Crippen LogP contribution in [0.2, 0.25) is 0 Å². The lowest BCUT2D eigenvalue weighted by atomic mass is 9.85. The van der Waals surface area contributed by atoms with Crippen molar-refractivity contribution < 1.29 is 4.79 Å². The Hall–Kier alpha value is -4.22. The highest BCUT2D eigenvalue weighted by Crippen LogP contribution is 2.35. The molecule has 1 fully saturated rings. The van der Waals surface area contributed by atoms with Crippen LogP contribution in [0.5, 0.6) is 0 Å². The molecule has 0 saturated carbocycles. The predicted octanol–water partition coefficient (Wildman–Crippen LogP) is 3.96. The van der Waals surface area contributed by atoms with Gasteiger partial charge in [0.1, 0.15) is 17.5 Å². The summed E-state index contributed by atoms with van der Waals surface area (Å²) in [6, 6.07) is 18.0. The highest BCUT2D eigenvalue weighted by Gasteiger charge is 2.27. The van der Waals surface area contributed by atoms with Crippen molar-refractivity contribution in [3.63, 3.8) is 0 Å². The number of aromatic nitrogens is 3. The van der Waals surface area contributed by atoms with Gasteiger partial charge >= 0.3 is 0 Å². The molecule has 8 nitrogen and oxygen atoms in total. The van der Waals surface area contributed by atoms with Crippen LogP contribution in [-0.4, -0.2) is 37.9 Å². The van der Waals surface area contributed by atoms with Crippen LogP contribution in [0.25, 0.3) is 22.2 Å². The third-order valence-corrected chi connectivity index (χ3v) is 7.39. The van der Waals surface area contributed by atoms with Crippen LogP contribution < -0.4 is 11.5 Å². The summed E-state index contributed by atoms with van der Waals surface area (Å²) in [6.07, 6.45) is 3.87. The molecular weight excluding hydrogens is 450 g/mol. The van der Waals surface area contributed by atoms with Gasteiger partial charge in [0.2, 0.25) is 5.91 Å². The van der Waals surface area contributed by atoms with Crippen molar-refractivity contribution in [3.05, 3.63) is 77.2 Å². The highest BCUT2D eigenvalue weighted by atomic mass is 16.1. The zero-order valence-electron chi connectivity index (χ0n) is 20.5. The number of nitrogens with zero attached hydrogens (tertiary/aromatic N) is 5. The lowest BCUT2D eigenvalue weighted by Gasteiger charge is -2.38. The van der Waals surface area contributed by atoms with Gasteiger partial charge < -0.3 is 16.0 Å². The number of pyridine rings is 2. The molecule has 1 aromatic carbocycles. The molecule has 5 rings (SSSR count). The van der Waals surface area contributed by atoms with Gasteiger partial charge in [0.25, 0.3) is 0 Å². The number of carbonyl (C=O) groups excluding carboxylic acids is 1. The van der Waals surface area contributed by atoms with Crippen LogP contribution >= 0.6 is 0 Å². The number of aryl methyl sites for hydroxylation is 1. The van der Waals surface area contributed by atoms with Crippen molar-refractivity contribution in [1.82, 2.24) is 19.4 Å². The number of likely N-dealkylation sites (tertiary alicyclic amines) is 1. The number of rotatable bonds is 5. The number of primary amides is 1. The summed E-state index contributed by atoms with van der Waals surface area (Å²) >= 11 is 0. The molecule has 4 N–H and O–H groups in total. The van der Waals surface area contributed by atoms with Crippen LogP contribution in [0.3, 0.4) is 0 Å². The van der Waals surface area contributed by atoms with Crippen LogP contribution in [0, 0.1) is 11.3 Å². The zero-order valence-corrected chi connectivity index (χ0v) is 20.5. The third kappa shape index (κ3) is 4.30. The Labute approximate surface area is 210 Å². The fourth-order valence-electron chi connectivity index (χ4n) is 5.32. The van der Waals surface area contributed by atoms with E-state index >= 15 is 0 Å². The Bertz CT molecular complexity index is 1480. The van der Waals surface area contributed by atoms with E-state index in [4.69, 9.17) is 11.5 Å². The second-order valence-corrected chi connectivity index (χ2v) is 9.56. The van der Waals surface area contributed by atoms with Gasteiger partial charge in [-0.2, -0.15) is 5.26 Å². The molecule has 0 spiro atoms. The Morgan fingerprint density at radius 3 is 2.64 bits per heavy atom. The van der Waals surface area contributed by atoms with E-state index in [-0.39, 0.29) is 0 Å². The summed E-state index contributed by atoms with van der Waals surface area (Å²) in [6.45, 7) is 4.06. The molecule has 1 aliphatic heterocycles. The van der Waals surface area contributed by atoms with E-state index in [0.717, 1.165) is 48.1 Å². The van der Waals surface area contributed by atoms with Crippen molar-refractivity contribution in [3.8, 4) is 17.2 Å². The molecule has 1 amide bonds. The molecular formula is C28H29N7O. The number of piperidine rings is 1. The van der Waals surface area contributed by atoms with Crippen LogP contribution in [-0.2, 0) is 13.6 Å². The van der Waals surface area contributed by atoms with Gasteiger partial charge in [-0.05, 0) is 79.8 Å². The quantitative estimate of drug-likeness (QED) is 0.446. The minimum absolute atomic E-state index is 0.312.